The molecule has 2 heterocycles. The van der Waals surface area contributed by atoms with Crippen LogP contribution in [0.25, 0.3) is 0 Å². The molecule has 6 rings (SSSR count). The summed E-state index contributed by atoms with van der Waals surface area (Å²) in [5.41, 5.74) is 2.71. The van der Waals surface area contributed by atoms with Crippen molar-refractivity contribution in [3.05, 3.63) is 107 Å². The fraction of sp³-hybridized carbons (Fsp3) is 0.103. The van der Waals surface area contributed by atoms with Gasteiger partial charge in [0.2, 0.25) is 0 Å². The Labute approximate surface area is 211 Å². The molecule has 8 heteroatoms. The van der Waals surface area contributed by atoms with Crippen molar-refractivity contribution in [1.29, 1.82) is 0 Å². The van der Waals surface area contributed by atoms with E-state index in [0.29, 0.717) is 39.3 Å². The molecule has 0 saturated heterocycles. The lowest BCUT2D eigenvalue weighted by molar-refractivity contribution is -0.136. The molecule has 1 unspecified atom stereocenters. The number of aliphatic carboxylic acids is 1. The maximum absolute atomic E-state index is 13.1. The molecule has 2 aliphatic heterocycles. The van der Waals surface area contributed by atoms with Crippen LogP contribution in [0.15, 0.2) is 78.9 Å². The average molecular weight is 495 g/mol. The van der Waals surface area contributed by atoms with Gasteiger partial charge in [0.05, 0.1) is 12.0 Å². The maximum Gasteiger partial charge on any atom is 0.340 e. The van der Waals surface area contributed by atoms with E-state index in [4.69, 9.17) is 9.47 Å². The summed E-state index contributed by atoms with van der Waals surface area (Å²) in [6, 6.07) is 21.8. The Balaban J connectivity index is 1.56. The molecule has 184 valence electrons. The molecule has 3 N–H and O–H groups in total. The predicted molar refractivity (Wildman–Crippen MR) is 134 cm³/mol. The SMILES string of the molecule is CN(c1ccc(O)cc1)c1ccc2c(c1)Oc1cc(O)ccc1C21OC(=O)c2ccc(CC(=O)O)cc21. The zero-order valence-electron chi connectivity index (χ0n) is 19.6. The van der Waals surface area contributed by atoms with Crippen molar-refractivity contribution in [2.45, 2.75) is 12.0 Å². The number of ether oxygens (including phenoxy) is 2. The van der Waals surface area contributed by atoms with Gasteiger partial charge in [-0.3, -0.25) is 4.79 Å². The van der Waals surface area contributed by atoms with Crippen LogP contribution in [0.3, 0.4) is 0 Å². The summed E-state index contributed by atoms with van der Waals surface area (Å²) in [7, 11) is 1.87. The molecule has 0 bridgehead atoms. The summed E-state index contributed by atoms with van der Waals surface area (Å²) in [5, 5.41) is 29.2. The lowest BCUT2D eigenvalue weighted by Gasteiger charge is -2.37. The number of hydrogen-bond donors (Lipinski definition) is 3. The van der Waals surface area contributed by atoms with Gasteiger partial charge in [-0.1, -0.05) is 6.07 Å². The fourth-order valence-electron chi connectivity index (χ4n) is 5.06. The van der Waals surface area contributed by atoms with Gasteiger partial charge in [0.15, 0.2) is 5.60 Å². The van der Waals surface area contributed by atoms with Gasteiger partial charge < -0.3 is 29.7 Å². The Morgan fingerprint density at radius 2 is 1.46 bits per heavy atom. The number of carboxylic acid groups (broad SMARTS) is 1. The van der Waals surface area contributed by atoms with Crippen LogP contribution in [0.1, 0.15) is 32.6 Å². The van der Waals surface area contributed by atoms with Crippen LogP contribution in [0.4, 0.5) is 11.4 Å². The van der Waals surface area contributed by atoms with Crippen LogP contribution in [0.5, 0.6) is 23.0 Å². The van der Waals surface area contributed by atoms with Crippen LogP contribution in [0.2, 0.25) is 0 Å². The first kappa shape index (κ1) is 22.5. The molecule has 8 nitrogen and oxygen atoms in total. The van der Waals surface area contributed by atoms with E-state index in [0.717, 1.165) is 11.4 Å². The van der Waals surface area contributed by atoms with Crippen molar-refractivity contribution in [2.75, 3.05) is 11.9 Å². The third kappa shape index (κ3) is 3.45. The minimum absolute atomic E-state index is 0.0149. The molecule has 37 heavy (non-hydrogen) atoms. The summed E-state index contributed by atoms with van der Waals surface area (Å²) in [6.07, 6.45) is -0.209. The molecule has 1 atom stereocenters. The summed E-state index contributed by atoms with van der Waals surface area (Å²) in [6.45, 7) is 0. The highest BCUT2D eigenvalue weighted by Gasteiger charge is 2.53. The monoisotopic (exact) mass is 495 g/mol. The zero-order valence-corrected chi connectivity index (χ0v) is 19.6. The van der Waals surface area contributed by atoms with Gasteiger partial charge >= 0.3 is 11.9 Å². The van der Waals surface area contributed by atoms with E-state index in [-0.39, 0.29) is 17.9 Å². The van der Waals surface area contributed by atoms with E-state index in [9.17, 15) is 24.9 Å². The van der Waals surface area contributed by atoms with Crippen molar-refractivity contribution in [2.24, 2.45) is 0 Å². The van der Waals surface area contributed by atoms with Crippen LogP contribution in [-0.2, 0) is 21.6 Å². The van der Waals surface area contributed by atoms with E-state index in [1.165, 1.54) is 12.1 Å². The highest BCUT2D eigenvalue weighted by molar-refractivity contribution is 5.97. The Morgan fingerprint density at radius 3 is 2.19 bits per heavy atom. The Kier molecular flexibility index (Phi) is 4.88. The second-order valence-electron chi connectivity index (χ2n) is 9.06. The Bertz CT molecular complexity index is 1590. The lowest BCUT2D eigenvalue weighted by Crippen LogP contribution is -2.33. The Hall–Kier alpha value is -4.98. The second kappa shape index (κ2) is 8.03. The number of phenols is 2. The van der Waals surface area contributed by atoms with Crippen LogP contribution < -0.4 is 9.64 Å². The van der Waals surface area contributed by atoms with E-state index in [1.807, 2.05) is 30.1 Å². The number of carboxylic acids is 1. The number of anilines is 2. The smallest absolute Gasteiger partial charge is 0.340 e. The molecular weight excluding hydrogens is 474 g/mol. The van der Waals surface area contributed by atoms with Crippen molar-refractivity contribution >= 4 is 23.3 Å². The quantitative estimate of drug-likeness (QED) is 0.337. The largest absolute Gasteiger partial charge is 0.508 e. The first-order valence-corrected chi connectivity index (χ1v) is 11.5. The summed E-state index contributed by atoms with van der Waals surface area (Å²) >= 11 is 0. The highest BCUT2D eigenvalue weighted by Crippen LogP contribution is 2.57. The summed E-state index contributed by atoms with van der Waals surface area (Å²) in [5.74, 6) is -0.633. The fourth-order valence-corrected chi connectivity index (χ4v) is 5.06. The molecule has 0 saturated carbocycles. The molecule has 0 aliphatic carbocycles. The summed E-state index contributed by atoms with van der Waals surface area (Å²) < 4.78 is 12.3. The lowest BCUT2D eigenvalue weighted by atomic mass is 9.77. The number of carbonyl (C=O) groups excluding carboxylic acids is 1. The number of fused-ring (bicyclic) bond motifs is 6. The van der Waals surface area contributed by atoms with E-state index in [1.54, 1.807) is 48.5 Å². The van der Waals surface area contributed by atoms with Gasteiger partial charge in [0.25, 0.3) is 0 Å². The van der Waals surface area contributed by atoms with Gasteiger partial charge in [-0.2, -0.15) is 0 Å². The number of benzene rings is 4. The second-order valence-corrected chi connectivity index (χ2v) is 9.06. The van der Waals surface area contributed by atoms with Crippen molar-refractivity contribution < 1.29 is 34.4 Å². The Morgan fingerprint density at radius 1 is 0.811 bits per heavy atom. The number of nitrogens with zero attached hydrogens (tertiary/aromatic N) is 1. The van der Waals surface area contributed by atoms with Gasteiger partial charge in [-0.05, 0) is 66.2 Å². The molecule has 0 fully saturated rings. The maximum atomic E-state index is 13.1. The third-order valence-electron chi connectivity index (χ3n) is 6.82. The number of carbonyl (C=O) groups is 2. The van der Waals surface area contributed by atoms with Crippen LogP contribution in [-0.4, -0.2) is 34.3 Å². The summed E-state index contributed by atoms with van der Waals surface area (Å²) in [4.78, 5) is 26.4. The van der Waals surface area contributed by atoms with Crippen molar-refractivity contribution in [1.82, 2.24) is 0 Å². The average Bonchev–Trinajstić information content (AvgIpc) is 3.15. The number of phenolic OH excluding ortho intramolecular Hbond substituents is 2. The normalized spacial score (nSPS) is 16.8. The van der Waals surface area contributed by atoms with Crippen LogP contribution >= 0.6 is 0 Å². The molecule has 0 aromatic heterocycles. The van der Waals surface area contributed by atoms with Crippen molar-refractivity contribution in [3.63, 3.8) is 0 Å². The van der Waals surface area contributed by atoms with Gasteiger partial charge in [0.1, 0.15) is 23.0 Å². The molecule has 4 aromatic rings. The molecular formula is C29H21NO7. The van der Waals surface area contributed by atoms with Gasteiger partial charge in [-0.25, -0.2) is 4.79 Å². The topological polar surface area (TPSA) is 117 Å². The first-order valence-electron chi connectivity index (χ1n) is 11.5. The standard InChI is InChI=1S/C29H21NO7/c1-30(17-3-6-19(31)7-4-17)18-5-10-22-25(14-18)36-26-15-20(32)8-11-23(26)29(22)24-12-16(13-27(33)34)2-9-21(24)28(35)37-29/h2-12,14-15,31-32H,13H2,1H3,(H,33,34). The predicted octanol–water partition coefficient (Wildman–Crippen LogP) is 5.06. The number of hydrogen-bond acceptors (Lipinski definition) is 7. The van der Waals surface area contributed by atoms with Gasteiger partial charge in [0, 0.05) is 47.2 Å². The molecule has 2 aliphatic rings. The number of esters is 1. The third-order valence-corrected chi connectivity index (χ3v) is 6.82. The minimum Gasteiger partial charge on any atom is -0.508 e. The first-order chi connectivity index (χ1) is 17.8. The molecule has 0 radical (unpaired) electrons. The van der Waals surface area contributed by atoms with E-state index >= 15 is 0 Å². The van der Waals surface area contributed by atoms with Crippen molar-refractivity contribution in [3.8, 4) is 23.0 Å². The van der Waals surface area contributed by atoms with Crippen LogP contribution in [0, 0.1) is 0 Å². The van der Waals surface area contributed by atoms with E-state index < -0.39 is 17.5 Å². The zero-order chi connectivity index (χ0) is 25.9. The molecule has 4 aromatic carbocycles. The molecule has 1 spiro atoms. The highest BCUT2D eigenvalue weighted by atomic mass is 16.6. The molecule has 0 amide bonds. The number of rotatable bonds is 4. The minimum atomic E-state index is -1.38. The van der Waals surface area contributed by atoms with Gasteiger partial charge in [-0.15, -0.1) is 0 Å². The van der Waals surface area contributed by atoms with E-state index in [2.05, 4.69) is 0 Å². The number of aromatic hydroxyl groups is 2.